The highest BCUT2D eigenvalue weighted by atomic mass is 32.2. The van der Waals surface area contributed by atoms with E-state index in [1.165, 1.54) is 18.9 Å². The number of hydrogen-bond acceptors (Lipinski definition) is 7. The zero-order chi connectivity index (χ0) is 23.0. The van der Waals surface area contributed by atoms with Crippen LogP contribution in [0.25, 0.3) is 22.5 Å². The second-order valence-corrected chi connectivity index (χ2v) is 7.87. The van der Waals surface area contributed by atoms with Gasteiger partial charge in [-0.3, -0.25) is 4.79 Å². The van der Waals surface area contributed by atoms with E-state index >= 15 is 0 Å². The van der Waals surface area contributed by atoms with Crippen molar-refractivity contribution in [2.24, 2.45) is 0 Å². The van der Waals surface area contributed by atoms with Gasteiger partial charge < -0.3 is 14.8 Å². The van der Waals surface area contributed by atoms with Gasteiger partial charge in [0.05, 0.1) is 25.7 Å². The molecule has 0 unspecified atom stereocenters. The van der Waals surface area contributed by atoms with Gasteiger partial charge in [0.1, 0.15) is 22.9 Å². The summed E-state index contributed by atoms with van der Waals surface area (Å²) >= 11 is 1.22. The number of rotatable bonds is 8. The van der Waals surface area contributed by atoms with E-state index in [9.17, 15) is 4.79 Å². The van der Waals surface area contributed by atoms with E-state index in [1.54, 1.807) is 25.3 Å². The lowest BCUT2D eigenvalue weighted by atomic mass is 10.0. The van der Waals surface area contributed by atoms with Gasteiger partial charge in [-0.15, -0.1) is 10.2 Å². The van der Waals surface area contributed by atoms with Crippen LogP contribution in [0.3, 0.4) is 0 Å². The molecule has 8 heteroatoms. The van der Waals surface area contributed by atoms with Gasteiger partial charge in [-0.1, -0.05) is 72.4 Å². The number of hydrogen-bond donors (Lipinski definition) is 1. The lowest BCUT2D eigenvalue weighted by Gasteiger charge is -2.12. The van der Waals surface area contributed by atoms with Gasteiger partial charge >= 0.3 is 0 Å². The lowest BCUT2D eigenvalue weighted by molar-refractivity contribution is -0.113. The van der Waals surface area contributed by atoms with E-state index in [4.69, 9.17) is 14.5 Å². The van der Waals surface area contributed by atoms with Crippen molar-refractivity contribution in [1.29, 1.82) is 0 Å². The quantitative estimate of drug-likeness (QED) is 0.374. The standard InChI is InChI=1S/C25H22N4O3S/c1-31-19-13-14-20(21(15-19)32-2)26-22(30)16-33-25-27-23(17-9-5-3-6-10-17)24(28-29-25)18-11-7-4-8-12-18/h3-15H,16H2,1-2H3,(H,26,30). The van der Waals surface area contributed by atoms with E-state index in [0.717, 1.165) is 16.8 Å². The average Bonchev–Trinajstić information content (AvgIpc) is 2.88. The van der Waals surface area contributed by atoms with Crippen LogP contribution in [0.1, 0.15) is 0 Å². The van der Waals surface area contributed by atoms with Crippen LogP contribution in [0.4, 0.5) is 5.69 Å². The Hall–Kier alpha value is -3.91. The third kappa shape index (κ3) is 5.48. The van der Waals surface area contributed by atoms with Crippen LogP contribution < -0.4 is 14.8 Å². The molecule has 166 valence electrons. The maximum Gasteiger partial charge on any atom is 0.234 e. The van der Waals surface area contributed by atoms with Gasteiger partial charge in [-0.05, 0) is 12.1 Å². The van der Waals surface area contributed by atoms with Gasteiger partial charge in [0, 0.05) is 17.2 Å². The summed E-state index contributed by atoms with van der Waals surface area (Å²) in [5.41, 5.74) is 3.83. The number of ether oxygens (including phenoxy) is 2. The number of carbonyl (C=O) groups is 1. The number of carbonyl (C=O) groups excluding carboxylic acids is 1. The first-order valence-electron chi connectivity index (χ1n) is 10.2. The van der Waals surface area contributed by atoms with Crippen molar-refractivity contribution in [3.05, 3.63) is 78.9 Å². The molecule has 0 fully saturated rings. The summed E-state index contributed by atoms with van der Waals surface area (Å²) in [7, 11) is 3.11. The fourth-order valence-electron chi connectivity index (χ4n) is 3.18. The Balaban J connectivity index is 1.52. The molecule has 1 heterocycles. The molecule has 0 saturated carbocycles. The molecule has 4 rings (SSSR count). The highest BCUT2D eigenvalue weighted by Gasteiger charge is 2.15. The number of thioether (sulfide) groups is 1. The van der Waals surface area contributed by atoms with Crippen LogP contribution in [-0.2, 0) is 4.79 Å². The number of benzene rings is 3. The second-order valence-electron chi connectivity index (χ2n) is 6.93. The van der Waals surface area contributed by atoms with Crippen molar-refractivity contribution in [2.45, 2.75) is 5.16 Å². The minimum Gasteiger partial charge on any atom is -0.497 e. The zero-order valence-corrected chi connectivity index (χ0v) is 19.0. The number of amides is 1. The Morgan fingerprint density at radius 3 is 2.15 bits per heavy atom. The topological polar surface area (TPSA) is 86.2 Å². The second kappa shape index (κ2) is 10.6. The lowest BCUT2D eigenvalue weighted by Crippen LogP contribution is -2.15. The predicted molar refractivity (Wildman–Crippen MR) is 130 cm³/mol. The van der Waals surface area contributed by atoms with Crippen LogP contribution >= 0.6 is 11.8 Å². The van der Waals surface area contributed by atoms with Crippen molar-refractivity contribution in [2.75, 3.05) is 25.3 Å². The molecule has 0 aliphatic rings. The molecule has 3 aromatic carbocycles. The Kier molecular flexibility index (Phi) is 7.16. The smallest absolute Gasteiger partial charge is 0.234 e. The summed E-state index contributed by atoms with van der Waals surface area (Å²) in [6.07, 6.45) is 0. The van der Waals surface area contributed by atoms with E-state index in [0.29, 0.717) is 28.0 Å². The molecule has 4 aromatic rings. The summed E-state index contributed by atoms with van der Waals surface area (Å²) in [6, 6.07) is 24.8. The third-order valence-corrected chi connectivity index (χ3v) is 5.61. The van der Waals surface area contributed by atoms with E-state index in [1.807, 2.05) is 60.7 Å². The molecule has 0 aliphatic heterocycles. The zero-order valence-electron chi connectivity index (χ0n) is 18.2. The van der Waals surface area contributed by atoms with Crippen LogP contribution in [0.5, 0.6) is 11.5 Å². The molecule has 0 saturated heterocycles. The first-order valence-corrected chi connectivity index (χ1v) is 11.2. The molecule has 0 atom stereocenters. The van der Waals surface area contributed by atoms with E-state index in [2.05, 4.69) is 15.5 Å². The van der Waals surface area contributed by atoms with Gasteiger partial charge in [0.25, 0.3) is 0 Å². The third-order valence-electron chi connectivity index (χ3n) is 4.78. The van der Waals surface area contributed by atoms with Gasteiger partial charge in [0.2, 0.25) is 11.1 Å². The van der Waals surface area contributed by atoms with Crippen molar-refractivity contribution < 1.29 is 14.3 Å². The summed E-state index contributed by atoms with van der Waals surface area (Å²) in [5, 5.41) is 12.0. The minimum absolute atomic E-state index is 0.121. The predicted octanol–water partition coefficient (Wildman–Crippen LogP) is 4.95. The van der Waals surface area contributed by atoms with Crippen molar-refractivity contribution >= 4 is 23.4 Å². The highest BCUT2D eigenvalue weighted by molar-refractivity contribution is 7.99. The highest BCUT2D eigenvalue weighted by Crippen LogP contribution is 2.31. The Morgan fingerprint density at radius 1 is 0.848 bits per heavy atom. The minimum atomic E-state index is -0.208. The first kappa shape index (κ1) is 22.3. The Labute approximate surface area is 196 Å². The fraction of sp³-hybridized carbons (Fsp3) is 0.120. The molecule has 1 amide bonds. The molecule has 0 spiro atoms. The molecule has 0 aliphatic carbocycles. The van der Waals surface area contributed by atoms with Crippen LogP contribution in [0.2, 0.25) is 0 Å². The number of nitrogens with zero attached hydrogens (tertiary/aromatic N) is 3. The summed E-state index contributed by atoms with van der Waals surface area (Å²) in [6.45, 7) is 0. The Morgan fingerprint density at radius 2 is 1.52 bits per heavy atom. The monoisotopic (exact) mass is 458 g/mol. The molecule has 0 radical (unpaired) electrons. The van der Waals surface area contributed by atoms with Crippen molar-refractivity contribution in [1.82, 2.24) is 15.2 Å². The van der Waals surface area contributed by atoms with Crippen LogP contribution in [0.15, 0.2) is 84.0 Å². The maximum atomic E-state index is 12.6. The summed E-state index contributed by atoms with van der Waals surface area (Å²) in [4.78, 5) is 17.3. The molecule has 0 bridgehead atoms. The average molecular weight is 459 g/mol. The Bertz CT molecular complexity index is 1240. The maximum absolute atomic E-state index is 12.6. The van der Waals surface area contributed by atoms with Crippen LogP contribution in [-0.4, -0.2) is 41.1 Å². The van der Waals surface area contributed by atoms with E-state index < -0.39 is 0 Å². The van der Waals surface area contributed by atoms with Gasteiger partial charge in [0.15, 0.2) is 0 Å². The normalized spacial score (nSPS) is 10.5. The van der Waals surface area contributed by atoms with Crippen LogP contribution in [0, 0.1) is 0 Å². The molecule has 7 nitrogen and oxygen atoms in total. The number of anilines is 1. The van der Waals surface area contributed by atoms with Gasteiger partial charge in [-0.2, -0.15) is 0 Å². The number of methoxy groups -OCH3 is 2. The first-order chi connectivity index (χ1) is 16.2. The molecular weight excluding hydrogens is 436 g/mol. The number of aromatic nitrogens is 3. The molecule has 33 heavy (non-hydrogen) atoms. The largest absolute Gasteiger partial charge is 0.497 e. The molecule has 1 N–H and O–H groups in total. The van der Waals surface area contributed by atoms with Crippen molar-refractivity contribution in [3.8, 4) is 34.0 Å². The number of nitrogens with one attached hydrogen (secondary N) is 1. The molecular formula is C25H22N4O3S. The fourth-order valence-corrected chi connectivity index (χ4v) is 3.76. The summed E-state index contributed by atoms with van der Waals surface area (Å²) < 4.78 is 10.5. The summed E-state index contributed by atoms with van der Waals surface area (Å²) in [5.74, 6) is 1.07. The SMILES string of the molecule is COc1ccc(NC(=O)CSc2nnc(-c3ccccc3)c(-c3ccccc3)n2)c(OC)c1. The van der Waals surface area contributed by atoms with Gasteiger partial charge in [-0.25, -0.2) is 4.98 Å². The van der Waals surface area contributed by atoms with E-state index in [-0.39, 0.29) is 11.7 Å². The molecule has 1 aromatic heterocycles. The van der Waals surface area contributed by atoms with Crippen molar-refractivity contribution in [3.63, 3.8) is 0 Å².